The number of aliphatic hydroxyl groups excluding tert-OH is 1. The highest BCUT2D eigenvalue weighted by molar-refractivity contribution is 5.49. The van der Waals surface area contributed by atoms with Crippen molar-refractivity contribution in [2.24, 2.45) is 0 Å². The van der Waals surface area contributed by atoms with Gasteiger partial charge in [0, 0.05) is 17.7 Å². The van der Waals surface area contributed by atoms with E-state index in [1.807, 2.05) is 0 Å². The number of benzene rings is 1. The highest BCUT2D eigenvalue weighted by Crippen LogP contribution is 2.43. The number of aromatic nitrogens is 1. The topological polar surface area (TPSA) is 80.2 Å². The first-order valence-electron chi connectivity index (χ1n) is 7.03. The number of pyridine rings is 1. The minimum atomic E-state index is -0.906. The fourth-order valence-corrected chi connectivity index (χ4v) is 2.87. The Bertz CT molecular complexity index is 765. The van der Waals surface area contributed by atoms with Crippen molar-refractivity contribution < 1.29 is 14.6 Å². The molecule has 2 atom stereocenters. The van der Waals surface area contributed by atoms with Crippen LogP contribution in [0.4, 0.5) is 0 Å². The average molecular weight is 296 g/mol. The van der Waals surface area contributed by atoms with Crippen LogP contribution >= 0.6 is 0 Å². The van der Waals surface area contributed by atoms with Crippen molar-refractivity contribution in [2.75, 3.05) is 0 Å². The van der Waals surface area contributed by atoms with Gasteiger partial charge in [0.05, 0.1) is 11.6 Å². The molecule has 0 radical (unpaired) electrons. The summed E-state index contributed by atoms with van der Waals surface area (Å²) in [7, 11) is 0. The van der Waals surface area contributed by atoms with Gasteiger partial charge in [0.1, 0.15) is 23.4 Å². The third-order valence-corrected chi connectivity index (χ3v) is 4.05. The summed E-state index contributed by atoms with van der Waals surface area (Å²) in [6, 6.07) is 12.2. The SMILES string of the molecule is CC1(C)Oc2ccc(C#N)cc2[C@H](c2cccc[n+]2[O-])[C@H]1O. The number of ether oxygens (including phenoxy) is 1. The summed E-state index contributed by atoms with van der Waals surface area (Å²) in [6.07, 6.45) is 0.495. The predicted molar refractivity (Wildman–Crippen MR) is 79.1 cm³/mol. The van der Waals surface area contributed by atoms with E-state index in [1.165, 1.54) is 6.20 Å². The minimum absolute atomic E-state index is 0.433. The molecular formula is C17H16N2O3. The summed E-state index contributed by atoms with van der Waals surface area (Å²) in [6.45, 7) is 3.56. The molecule has 112 valence electrons. The second-order valence-corrected chi connectivity index (χ2v) is 5.94. The molecule has 2 heterocycles. The Hall–Kier alpha value is -2.58. The number of rotatable bonds is 1. The molecule has 3 rings (SSSR count). The van der Waals surface area contributed by atoms with Crippen molar-refractivity contribution in [3.05, 3.63) is 64.6 Å². The zero-order valence-corrected chi connectivity index (χ0v) is 12.4. The van der Waals surface area contributed by atoms with Crippen LogP contribution in [0.25, 0.3) is 0 Å². The van der Waals surface area contributed by atoms with Gasteiger partial charge in [0.25, 0.3) is 0 Å². The molecule has 1 aromatic carbocycles. The van der Waals surface area contributed by atoms with Crippen LogP contribution < -0.4 is 9.47 Å². The van der Waals surface area contributed by atoms with Crippen molar-refractivity contribution in [3.63, 3.8) is 0 Å². The number of hydrogen-bond donors (Lipinski definition) is 1. The fourth-order valence-electron chi connectivity index (χ4n) is 2.87. The van der Waals surface area contributed by atoms with E-state index in [4.69, 9.17) is 10.00 Å². The molecule has 22 heavy (non-hydrogen) atoms. The summed E-state index contributed by atoms with van der Waals surface area (Å²) < 4.78 is 6.60. The van der Waals surface area contributed by atoms with Crippen LogP contribution in [-0.4, -0.2) is 16.8 Å². The Balaban J connectivity index is 2.24. The molecule has 5 heteroatoms. The second-order valence-electron chi connectivity index (χ2n) is 5.94. The molecule has 1 aromatic heterocycles. The van der Waals surface area contributed by atoms with Gasteiger partial charge in [-0.05, 0) is 38.1 Å². The molecule has 0 saturated carbocycles. The van der Waals surface area contributed by atoms with Crippen LogP contribution in [0.1, 0.15) is 36.6 Å². The van der Waals surface area contributed by atoms with E-state index >= 15 is 0 Å². The Labute approximate surface area is 128 Å². The van der Waals surface area contributed by atoms with E-state index in [0.717, 1.165) is 4.73 Å². The quantitative estimate of drug-likeness (QED) is 0.643. The molecule has 2 aromatic rings. The van der Waals surface area contributed by atoms with Crippen LogP contribution in [0.15, 0.2) is 42.6 Å². The molecule has 0 amide bonds. The van der Waals surface area contributed by atoms with Crippen molar-refractivity contribution in [3.8, 4) is 11.8 Å². The van der Waals surface area contributed by atoms with Gasteiger partial charge in [-0.25, -0.2) is 0 Å². The van der Waals surface area contributed by atoms with Crippen molar-refractivity contribution in [2.45, 2.75) is 31.5 Å². The highest BCUT2D eigenvalue weighted by atomic mass is 16.5. The smallest absolute Gasteiger partial charge is 0.203 e. The molecule has 0 bridgehead atoms. The van der Waals surface area contributed by atoms with E-state index in [0.29, 0.717) is 22.6 Å². The zero-order chi connectivity index (χ0) is 15.9. The van der Waals surface area contributed by atoms with Crippen LogP contribution in [0, 0.1) is 16.5 Å². The van der Waals surface area contributed by atoms with Gasteiger partial charge in [-0.2, -0.15) is 9.99 Å². The van der Waals surface area contributed by atoms with E-state index in [-0.39, 0.29) is 0 Å². The van der Waals surface area contributed by atoms with Crippen molar-refractivity contribution in [1.29, 1.82) is 5.26 Å². The first-order chi connectivity index (χ1) is 10.4. The summed E-state index contributed by atoms with van der Waals surface area (Å²) in [5.41, 5.74) is 0.714. The van der Waals surface area contributed by atoms with E-state index in [9.17, 15) is 10.3 Å². The van der Waals surface area contributed by atoms with Crippen molar-refractivity contribution >= 4 is 0 Å². The van der Waals surface area contributed by atoms with E-state index in [1.54, 1.807) is 50.2 Å². The summed E-state index contributed by atoms with van der Waals surface area (Å²) in [5, 5.41) is 32.0. The average Bonchev–Trinajstić information content (AvgIpc) is 2.49. The van der Waals surface area contributed by atoms with Crippen molar-refractivity contribution in [1.82, 2.24) is 0 Å². The number of hydrogen-bond acceptors (Lipinski definition) is 4. The Morgan fingerprint density at radius 3 is 2.77 bits per heavy atom. The molecule has 0 saturated heterocycles. The lowest BCUT2D eigenvalue weighted by Crippen LogP contribution is -2.51. The maximum Gasteiger partial charge on any atom is 0.203 e. The second kappa shape index (κ2) is 5.00. The third kappa shape index (κ3) is 2.18. The van der Waals surface area contributed by atoms with Gasteiger partial charge in [-0.1, -0.05) is 0 Å². The first-order valence-corrected chi connectivity index (χ1v) is 7.03. The lowest BCUT2D eigenvalue weighted by Gasteiger charge is -2.41. The number of nitrogens with zero attached hydrogens (tertiary/aromatic N) is 2. The molecule has 1 aliphatic heterocycles. The molecule has 0 spiro atoms. The molecule has 1 aliphatic rings. The Morgan fingerprint density at radius 1 is 1.32 bits per heavy atom. The monoisotopic (exact) mass is 296 g/mol. The van der Waals surface area contributed by atoms with Gasteiger partial charge in [-0.15, -0.1) is 0 Å². The minimum Gasteiger partial charge on any atom is -0.618 e. The van der Waals surface area contributed by atoms with Gasteiger partial charge in [0.2, 0.25) is 5.69 Å². The molecule has 0 aliphatic carbocycles. The fraction of sp³-hybridized carbons (Fsp3) is 0.294. The van der Waals surface area contributed by atoms with Crippen LogP contribution in [0.5, 0.6) is 5.75 Å². The van der Waals surface area contributed by atoms with Crippen LogP contribution in [-0.2, 0) is 0 Å². The molecule has 1 N–H and O–H groups in total. The normalized spacial score (nSPS) is 22.3. The summed E-state index contributed by atoms with van der Waals surface area (Å²) >= 11 is 0. The van der Waals surface area contributed by atoms with Crippen LogP contribution in [0.2, 0.25) is 0 Å². The maximum absolute atomic E-state index is 12.1. The zero-order valence-electron chi connectivity index (χ0n) is 12.4. The largest absolute Gasteiger partial charge is 0.618 e. The number of fused-ring (bicyclic) bond motifs is 1. The Morgan fingerprint density at radius 2 is 2.09 bits per heavy atom. The van der Waals surface area contributed by atoms with Gasteiger partial charge >= 0.3 is 0 Å². The molecule has 5 nitrogen and oxygen atoms in total. The van der Waals surface area contributed by atoms with Gasteiger partial charge in [0.15, 0.2) is 6.20 Å². The highest BCUT2D eigenvalue weighted by Gasteiger charge is 2.46. The summed E-state index contributed by atoms with van der Waals surface area (Å²) in [4.78, 5) is 0. The standard InChI is InChI=1S/C17H16N2O3/c1-17(2)16(20)15(13-5-3-4-8-19(13)21)12-9-11(10-18)6-7-14(12)22-17/h3-9,15-16,20H,1-2H3/t15-,16-/m1/s1. The van der Waals surface area contributed by atoms with E-state index in [2.05, 4.69) is 6.07 Å². The number of aliphatic hydroxyl groups is 1. The van der Waals surface area contributed by atoms with Gasteiger partial charge in [-0.3, -0.25) is 0 Å². The van der Waals surface area contributed by atoms with E-state index < -0.39 is 17.6 Å². The first kappa shape index (κ1) is 14.4. The summed E-state index contributed by atoms with van der Waals surface area (Å²) in [5.74, 6) is 0.0360. The van der Waals surface area contributed by atoms with Gasteiger partial charge < -0.3 is 15.1 Å². The lowest BCUT2D eigenvalue weighted by molar-refractivity contribution is -0.616. The third-order valence-electron chi connectivity index (χ3n) is 4.05. The predicted octanol–water partition coefficient (Wildman–Crippen LogP) is 1.86. The lowest BCUT2D eigenvalue weighted by atomic mass is 9.79. The Kier molecular flexibility index (Phi) is 3.27. The molecule has 0 unspecified atom stereocenters. The maximum atomic E-state index is 12.1. The van der Waals surface area contributed by atoms with Crippen LogP contribution in [0.3, 0.4) is 0 Å². The number of nitriles is 1. The molecule has 0 fully saturated rings. The molecular weight excluding hydrogens is 280 g/mol.